The summed E-state index contributed by atoms with van der Waals surface area (Å²) in [6, 6.07) is 7.55. The zero-order valence-electron chi connectivity index (χ0n) is 19.7. The highest BCUT2D eigenvalue weighted by Gasteiger charge is 2.25. The first-order chi connectivity index (χ1) is 16.9. The van der Waals surface area contributed by atoms with Crippen LogP contribution in [0.15, 0.2) is 41.5 Å². The number of hydrogen-bond acceptors (Lipinski definition) is 6. The van der Waals surface area contributed by atoms with Gasteiger partial charge in [0, 0.05) is 44.5 Å². The number of rotatable bonds is 7. The molecule has 0 radical (unpaired) electrons. The average Bonchev–Trinajstić information content (AvgIpc) is 3.29. The first-order valence-electron chi connectivity index (χ1n) is 11.9. The van der Waals surface area contributed by atoms with Gasteiger partial charge in [-0.3, -0.25) is 9.78 Å². The molecule has 4 heterocycles. The average molecular weight is 497 g/mol. The maximum atomic E-state index is 13.0. The second kappa shape index (κ2) is 9.97. The Bertz CT molecular complexity index is 1290. The van der Waals surface area contributed by atoms with Crippen molar-refractivity contribution in [2.75, 3.05) is 38.3 Å². The number of fused-ring (bicyclic) bond motifs is 2. The van der Waals surface area contributed by atoms with E-state index in [-0.39, 0.29) is 5.56 Å². The Morgan fingerprint density at radius 2 is 2.06 bits per heavy atom. The van der Waals surface area contributed by atoms with Gasteiger partial charge in [0.05, 0.1) is 35.1 Å². The summed E-state index contributed by atoms with van der Waals surface area (Å²) in [5.41, 5.74) is 2.98. The van der Waals surface area contributed by atoms with Crippen LogP contribution in [0.3, 0.4) is 0 Å². The van der Waals surface area contributed by atoms with Crippen molar-refractivity contribution < 1.29 is 14.6 Å². The number of pyridine rings is 2. The Hall–Kier alpha value is -2.94. The van der Waals surface area contributed by atoms with E-state index < -0.39 is 11.4 Å². The summed E-state index contributed by atoms with van der Waals surface area (Å²) in [6.07, 6.45) is 5.30. The summed E-state index contributed by atoms with van der Waals surface area (Å²) in [5, 5.41) is 10.5. The molecule has 0 bridgehead atoms. The van der Waals surface area contributed by atoms with Gasteiger partial charge in [-0.15, -0.1) is 0 Å². The van der Waals surface area contributed by atoms with Crippen LogP contribution in [0, 0.1) is 5.92 Å². The lowest BCUT2D eigenvalue weighted by molar-refractivity contribution is 0.0694. The number of benzene rings is 1. The molecule has 2 aliphatic rings. The molecule has 2 aromatic heterocycles. The van der Waals surface area contributed by atoms with Crippen LogP contribution in [0.25, 0.3) is 10.9 Å². The van der Waals surface area contributed by atoms with Crippen molar-refractivity contribution >= 4 is 34.2 Å². The third-order valence-electron chi connectivity index (χ3n) is 7.18. The molecule has 0 saturated carbocycles. The second-order valence-corrected chi connectivity index (χ2v) is 9.80. The fraction of sp³-hybridized carbons (Fsp3) is 0.423. The molecule has 35 heavy (non-hydrogen) atoms. The van der Waals surface area contributed by atoms with E-state index in [1.165, 1.54) is 6.20 Å². The fourth-order valence-electron chi connectivity index (χ4n) is 5.21. The second-order valence-electron chi connectivity index (χ2n) is 9.39. The van der Waals surface area contributed by atoms with Crippen molar-refractivity contribution in [3.05, 3.63) is 68.7 Å². The molecule has 1 aromatic carbocycles. The van der Waals surface area contributed by atoms with E-state index in [1.807, 2.05) is 16.7 Å². The van der Waals surface area contributed by atoms with Crippen molar-refractivity contribution in [3.63, 3.8) is 0 Å². The van der Waals surface area contributed by atoms with E-state index in [2.05, 4.69) is 20.9 Å². The van der Waals surface area contributed by atoms with Crippen LogP contribution in [0.5, 0.6) is 0 Å². The molecular formula is C26H29ClN4O4. The molecule has 1 fully saturated rings. The standard InChI is InChI=1S/C26H29ClN4O4/c1-35-10-9-29-7-4-17(5-8-29)13-30-15-20(26(33)34)25(32)19-11-21(27)24(12-23(19)30)31-14-18-3-2-6-28-22(18)16-31/h2-3,6,11-12,15,17H,4-5,7-10,13-14,16H2,1H3,(H,33,34). The number of carboxylic acid groups (broad SMARTS) is 1. The topological polar surface area (TPSA) is 87.9 Å². The van der Waals surface area contributed by atoms with E-state index in [0.717, 1.165) is 56.0 Å². The molecule has 184 valence electrons. The van der Waals surface area contributed by atoms with E-state index in [9.17, 15) is 14.7 Å². The van der Waals surface area contributed by atoms with Gasteiger partial charge in [-0.1, -0.05) is 17.7 Å². The number of halogens is 1. The molecule has 0 atom stereocenters. The predicted octanol–water partition coefficient (Wildman–Crippen LogP) is 3.63. The van der Waals surface area contributed by atoms with Crippen LogP contribution in [0.1, 0.15) is 34.5 Å². The lowest BCUT2D eigenvalue weighted by Crippen LogP contribution is -2.37. The Morgan fingerprint density at radius 3 is 2.77 bits per heavy atom. The Balaban J connectivity index is 1.49. The number of methoxy groups -OCH3 is 1. The fourth-order valence-corrected chi connectivity index (χ4v) is 5.49. The summed E-state index contributed by atoms with van der Waals surface area (Å²) in [4.78, 5) is 33.9. The van der Waals surface area contributed by atoms with Gasteiger partial charge in [0.2, 0.25) is 5.43 Å². The van der Waals surface area contributed by atoms with Gasteiger partial charge in [-0.05, 0) is 55.6 Å². The molecule has 0 amide bonds. The van der Waals surface area contributed by atoms with Gasteiger partial charge in [-0.2, -0.15) is 0 Å². The minimum absolute atomic E-state index is 0.225. The number of aromatic nitrogens is 2. The minimum Gasteiger partial charge on any atom is -0.477 e. The lowest BCUT2D eigenvalue weighted by Gasteiger charge is -2.32. The van der Waals surface area contributed by atoms with Crippen molar-refractivity contribution in [1.29, 1.82) is 0 Å². The smallest absolute Gasteiger partial charge is 0.341 e. The van der Waals surface area contributed by atoms with Crippen LogP contribution in [0.2, 0.25) is 5.02 Å². The van der Waals surface area contributed by atoms with Gasteiger partial charge in [0.25, 0.3) is 0 Å². The largest absolute Gasteiger partial charge is 0.477 e. The van der Waals surface area contributed by atoms with E-state index in [1.54, 1.807) is 19.4 Å². The number of carbonyl (C=O) groups is 1. The Labute approximate surface area is 208 Å². The zero-order chi connectivity index (χ0) is 24.5. The molecule has 8 nitrogen and oxygen atoms in total. The van der Waals surface area contributed by atoms with Crippen LogP contribution in [-0.4, -0.2) is 58.9 Å². The highest BCUT2D eigenvalue weighted by molar-refractivity contribution is 6.34. The first-order valence-corrected chi connectivity index (χ1v) is 12.3. The number of anilines is 1. The SMILES string of the molecule is COCCN1CCC(Cn2cc(C(=O)O)c(=O)c3cc(Cl)c(N4Cc5cccnc5C4)cc32)CC1. The van der Waals surface area contributed by atoms with Crippen LogP contribution >= 0.6 is 11.6 Å². The normalized spacial score (nSPS) is 16.7. The zero-order valence-corrected chi connectivity index (χ0v) is 20.5. The molecule has 5 rings (SSSR count). The third-order valence-corrected chi connectivity index (χ3v) is 7.48. The van der Waals surface area contributed by atoms with E-state index in [4.69, 9.17) is 16.3 Å². The quantitative estimate of drug-likeness (QED) is 0.534. The molecule has 1 N–H and O–H groups in total. The first kappa shape index (κ1) is 23.8. The number of carboxylic acids is 1. The number of hydrogen-bond donors (Lipinski definition) is 1. The highest BCUT2D eigenvalue weighted by Crippen LogP contribution is 2.35. The van der Waals surface area contributed by atoms with E-state index >= 15 is 0 Å². The monoisotopic (exact) mass is 496 g/mol. The molecule has 0 aliphatic carbocycles. The van der Waals surface area contributed by atoms with Crippen molar-refractivity contribution in [2.45, 2.75) is 32.5 Å². The molecular weight excluding hydrogens is 468 g/mol. The number of aromatic carboxylic acids is 1. The summed E-state index contributed by atoms with van der Waals surface area (Å²) in [7, 11) is 1.71. The summed E-state index contributed by atoms with van der Waals surface area (Å²) in [6.45, 7) is 5.57. The van der Waals surface area contributed by atoms with Gasteiger partial charge >= 0.3 is 5.97 Å². The molecule has 1 saturated heterocycles. The maximum Gasteiger partial charge on any atom is 0.341 e. The maximum absolute atomic E-state index is 13.0. The van der Waals surface area contributed by atoms with Gasteiger partial charge in [-0.25, -0.2) is 4.79 Å². The third kappa shape index (κ3) is 4.78. The lowest BCUT2D eigenvalue weighted by atomic mass is 9.96. The van der Waals surface area contributed by atoms with Crippen LogP contribution in [-0.2, 0) is 24.4 Å². The van der Waals surface area contributed by atoms with Gasteiger partial charge in [0.1, 0.15) is 5.56 Å². The summed E-state index contributed by atoms with van der Waals surface area (Å²) in [5.74, 6) is -0.832. The Kier molecular flexibility index (Phi) is 6.77. The predicted molar refractivity (Wildman–Crippen MR) is 135 cm³/mol. The van der Waals surface area contributed by atoms with Gasteiger partial charge in [0.15, 0.2) is 0 Å². The van der Waals surface area contributed by atoms with Gasteiger partial charge < -0.3 is 24.2 Å². The van der Waals surface area contributed by atoms with Crippen molar-refractivity contribution in [1.82, 2.24) is 14.5 Å². The van der Waals surface area contributed by atoms with Crippen LogP contribution < -0.4 is 10.3 Å². The molecule has 9 heteroatoms. The minimum atomic E-state index is -1.22. The van der Waals surface area contributed by atoms with Crippen LogP contribution in [0.4, 0.5) is 5.69 Å². The van der Waals surface area contributed by atoms with Crippen molar-refractivity contribution in [3.8, 4) is 0 Å². The number of nitrogens with zero attached hydrogens (tertiary/aromatic N) is 4. The number of piperidine rings is 1. The van der Waals surface area contributed by atoms with Crippen molar-refractivity contribution in [2.24, 2.45) is 5.92 Å². The van der Waals surface area contributed by atoms with E-state index in [0.29, 0.717) is 41.5 Å². The Morgan fingerprint density at radius 1 is 1.26 bits per heavy atom. The highest BCUT2D eigenvalue weighted by atomic mass is 35.5. The molecule has 0 unspecified atom stereocenters. The molecule has 2 aliphatic heterocycles. The molecule has 3 aromatic rings. The molecule has 0 spiro atoms. The number of ether oxygens (including phenoxy) is 1. The summed E-state index contributed by atoms with van der Waals surface area (Å²) >= 11 is 6.66. The summed E-state index contributed by atoms with van der Waals surface area (Å²) < 4.78 is 7.14. The number of likely N-dealkylation sites (tertiary alicyclic amines) is 1.